The van der Waals surface area contributed by atoms with Crippen molar-refractivity contribution in [2.75, 3.05) is 26.3 Å². The normalized spacial score (nSPS) is 14.4. The third kappa shape index (κ3) is 4.64. The van der Waals surface area contributed by atoms with Gasteiger partial charge in [0, 0.05) is 19.6 Å². The standard InChI is InChI=1S/C19H21ClN2O5S/c20-17-11-16(5-6-18(17)27-13-19(24)21-8-10-23)28(25,26)22-9-7-14-3-1-2-4-15(14)12-22/h1-6,11,23H,7-10,12-13H2,(H,21,24). The van der Waals surface area contributed by atoms with Crippen LogP contribution in [0.15, 0.2) is 47.4 Å². The topological polar surface area (TPSA) is 95.9 Å². The molecule has 7 nitrogen and oxygen atoms in total. The van der Waals surface area contributed by atoms with Crippen LogP contribution in [0, 0.1) is 0 Å². The molecule has 0 spiro atoms. The molecule has 3 rings (SSSR count). The molecule has 0 atom stereocenters. The van der Waals surface area contributed by atoms with Crippen LogP contribution in [-0.2, 0) is 27.8 Å². The Morgan fingerprint density at radius 1 is 1.21 bits per heavy atom. The molecule has 2 N–H and O–H groups in total. The van der Waals surface area contributed by atoms with Crippen molar-refractivity contribution < 1.29 is 23.1 Å². The van der Waals surface area contributed by atoms with E-state index in [0.717, 1.165) is 11.1 Å². The molecule has 2 aromatic carbocycles. The number of carbonyl (C=O) groups is 1. The third-order valence-electron chi connectivity index (χ3n) is 4.43. The quantitative estimate of drug-likeness (QED) is 0.703. The summed E-state index contributed by atoms with van der Waals surface area (Å²) in [6.45, 7) is 0.403. The second-order valence-electron chi connectivity index (χ2n) is 6.31. The predicted molar refractivity (Wildman–Crippen MR) is 105 cm³/mol. The number of aliphatic hydroxyl groups is 1. The first-order chi connectivity index (χ1) is 13.4. The molecule has 1 aliphatic rings. The Morgan fingerprint density at radius 3 is 2.68 bits per heavy atom. The summed E-state index contributed by atoms with van der Waals surface area (Å²) in [5.74, 6) is -0.197. The zero-order chi connectivity index (χ0) is 20.1. The molecular weight excluding hydrogens is 404 g/mol. The Kier molecular flexibility index (Phi) is 6.56. The number of aliphatic hydroxyl groups excluding tert-OH is 1. The van der Waals surface area contributed by atoms with Gasteiger partial charge in [0.25, 0.3) is 5.91 Å². The van der Waals surface area contributed by atoms with E-state index in [1.807, 2.05) is 24.3 Å². The van der Waals surface area contributed by atoms with Gasteiger partial charge in [-0.2, -0.15) is 4.31 Å². The average Bonchev–Trinajstić information content (AvgIpc) is 2.70. The number of hydrogen-bond donors (Lipinski definition) is 2. The van der Waals surface area contributed by atoms with Gasteiger partial charge >= 0.3 is 0 Å². The van der Waals surface area contributed by atoms with Crippen LogP contribution in [-0.4, -0.2) is 50.0 Å². The highest BCUT2D eigenvalue weighted by Crippen LogP contribution is 2.30. The van der Waals surface area contributed by atoms with E-state index < -0.39 is 15.9 Å². The Labute approximate surface area is 168 Å². The highest BCUT2D eigenvalue weighted by Gasteiger charge is 2.28. The number of benzene rings is 2. The maximum absolute atomic E-state index is 13.0. The van der Waals surface area contributed by atoms with Gasteiger partial charge in [-0.15, -0.1) is 0 Å². The van der Waals surface area contributed by atoms with Crippen LogP contribution in [0.5, 0.6) is 5.75 Å². The van der Waals surface area contributed by atoms with E-state index in [1.54, 1.807) is 0 Å². The van der Waals surface area contributed by atoms with Gasteiger partial charge in [-0.25, -0.2) is 8.42 Å². The Morgan fingerprint density at radius 2 is 1.96 bits per heavy atom. The van der Waals surface area contributed by atoms with E-state index >= 15 is 0 Å². The van der Waals surface area contributed by atoms with Crippen molar-refractivity contribution in [1.82, 2.24) is 9.62 Å². The van der Waals surface area contributed by atoms with Crippen LogP contribution in [0.1, 0.15) is 11.1 Å². The maximum Gasteiger partial charge on any atom is 0.258 e. The van der Waals surface area contributed by atoms with Gasteiger partial charge in [-0.05, 0) is 35.7 Å². The molecule has 1 amide bonds. The average molecular weight is 425 g/mol. The number of rotatable bonds is 7. The number of sulfonamides is 1. The van der Waals surface area contributed by atoms with E-state index in [2.05, 4.69) is 5.32 Å². The van der Waals surface area contributed by atoms with Crippen molar-refractivity contribution in [3.05, 3.63) is 58.6 Å². The molecule has 0 bridgehead atoms. The van der Waals surface area contributed by atoms with E-state index in [0.29, 0.717) is 19.5 Å². The Balaban J connectivity index is 1.71. The lowest BCUT2D eigenvalue weighted by atomic mass is 10.0. The third-order valence-corrected chi connectivity index (χ3v) is 6.57. The molecule has 150 valence electrons. The fraction of sp³-hybridized carbons (Fsp3) is 0.316. The minimum absolute atomic E-state index is 0.0777. The molecular formula is C19H21ClN2O5S. The van der Waals surface area contributed by atoms with Crippen molar-refractivity contribution in [3.63, 3.8) is 0 Å². The van der Waals surface area contributed by atoms with Crippen LogP contribution in [0.3, 0.4) is 0 Å². The SMILES string of the molecule is O=C(COc1ccc(S(=O)(=O)N2CCc3ccccc3C2)cc1Cl)NCCO. The van der Waals surface area contributed by atoms with Crippen molar-refractivity contribution in [2.45, 2.75) is 17.9 Å². The number of nitrogens with one attached hydrogen (secondary N) is 1. The molecule has 0 aliphatic carbocycles. The summed E-state index contributed by atoms with van der Waals surface area (Å²) in [4.78, 5) is 11.6. The number of hydrogen-bond acceptors (Lipinski definition) is 5. The van der Waals surface area contributed by atoms with Crippen molar-refractivity contribution in [1.29, 1.82) is 0 Å². The predicted octanol–water partition coefficient (Wildman–Crippen LogP) is 1.57. The van der Waals surface area contributed by atoms with Crippen LogP contribution < -0.4 is 10.1 Å². The number of amides is 1. The minimum atomic E-state index is -3.70. The summed E-state index contributed by atoms with van der Waals surface area (Å²) < 4.78 is 32.7. The number of halogens is 1. The van der Waals surface area contributed by atoms with Crippen LogP contribution in [0.4, 0.5) is 0 Å². The second-order valence-corrected chi connectivity index (χ2v) is 8.66. The van der Waals surface area contributed by atoms with Crippen LogP contribution in [0.25, 0.3) is 0 Å². The van der Waals surface area contributed by atoms with Crippen molar-refractivity contribution >= 4 is 27.5 Å². The zero-order valence-corrected chi connectivity index (χ0v) is 16.7. The van der Waals surface area contributed by atoms with Gasteiger partial charge in [0.2, 0.25) is 10.0 Å². The van der Waals surface area contributed by atoms with Gasteiger partial charge < -0.3 is 15.2 Å². The summed E-state index contributed by atoms with van der Waals surface area (Å²) in [7, 11) is -3.70. The fourth-order valence-electron chi connectivity index (χ4n) is 2.97. The summed E-state index contributed by atoms with van der Waals surface area (Å²) in [6.07, 6.45) is 0.660. The molecule has 1 heterocycles. The minimum Gasteiger partial charge on any atom is -0.482 e. The second kappa shape index (κ2) is 8.91. The molecule has 0 unspecified atom stereocenters. The van der Waals surface area contributed by atoms with E-state index in [4.69, 9.17) is 21.4 Å². The van der Waals surface area contributed by atoms with Crippen molar-refractivity contribution in [2.24, 2.45) is 0 Å². The molecule has 9 heteroatoms. The summed E-state index contributed by atoms with van der Waals surface area (Å²) >= 11 is 6.16. The zero-order valence-electron chi connectivity index (χ0n) is 15.1. The Bertz CT molecular complexity index is 965. The highest BCUT2D eigenvalue weighted by molar-refractivity contribution is 7.89. The summed E-state index contributed by atoms with van der Waals surface area (Å²) in [6, 6.07) is 12.0. The molecule has 2 aromatic rings. The largest absolute Gasteiger partial charge is 0.482 e. The van der Waals surface area contributed by atoms with Gasteiger partial charge in [-0.3, -0.25) is 4.79 Å². The van der Waals surface area contributed by atoms with Crippen molar-refractivity contribution in [3.8, 4) is 5.75 Å². The van der Waals surface area contributed by atoms with Crippen LogP contribution >= 0.6 is 11.6 Å². The smallest absolute Gasteiger partial charge is 0.258 e. The van der Waals surface area contributed by atoms with Gasteiger partial charge in [0.1, 0.15) is 5.75 Å². The fourth-order valence-corrected chi connectivity index (χ4v) is 4.72. The van der Waals surface area contributed by atoms with E-state index in [9.17, 15) is 13.2 Å². The Hall–Kier alpha value is -2.13. The van der Waals surface area contributed by atoms with Gasteiger partial charge in [-0.1, -0.05) is 35.9 Å². The first-order valence-electron chi connectivity index (χ1n) is 8.78. The molecule has 0 saturated heterocycles. The molecule has 28 heavy (non-hydrogen) atoms. The number of nitrogens with zero attached hydrogens (tertiary/aromatic N) is 1. The number of ether oxygens (including phenoxy) is 1. The van der Waals surface area contributed by atoms with E-state index in [1.165, 1.54) is 22.5 Å². The maximum atomic E-state index is 13.0. The molecule has 0 fully saturated rings. The lowest BCUT2D eigenvalue weighted by Gasteiger charge is -2.28. The highest BCUT2D eigenvalue weighted by atomic mass is 35.5. The first kappa shape index (κ1) is 20.6. The van der Waals surface area contributed by atoms with Crippen LogP contribution in [0.2, 0.25) is 5.02 Å². The van der Waals surface area contributed by atoms with Gasteiger partial charge in [0.15, 0.2) is 6.61 Å². The summed E-state index contributed by atoms with van der Waals surface area (Å²) in [5.41, 5.74) is 2.16. The monoisotopic (exact) mass is 424 g/mol. The number of carbonyl (C=O) groups excluding carboxylic acids is 1. The lowest BCUT2D eigenvalue weighted by molar-refractivity contribution is -0.123. The molecule has 0 saturated carbocycles. The van der Waals surface area contributed by atoms with E-state index in [-0.39, 0.29) is 35.4 Å². The van der Waals surface area contributed by atoms with Gasteiger partial charge in [0.05, 0.1) is 16.5 Å². The molecule has 0 aromatic heterocycles. The number of fused-ring (bicyclic) bond motifs is 1. The summed E-state index contributed by atoms with van der Waals surface area (Å²) in [5, 5.41) is 11.2. The molecule has 0 radical (unpaired) electrons. The molecule has 1 aliphatic heterocycles. The first-order valence-corrected chi connectivity index (χ1v) is 10.6. The lowest BCUT2D eigenvalue weighted by Crippen LogP contribution is -2.35.